The Hall–Kier alpha value is -1.06. The van der Waals surface area contributed by atoms with Crippen LogP contribution >= 0.6 is 0 Å². The van der Waals surface area contributed by atoms with Crippen molar-refractivity contribution in [3.05, 3.63) is 0 Å². The minimum Gasteiger partial charge on any atom is -0.480 e. The fourth-order valence-corrected chi connectivity index (χ4v) is 3.20. The number of fused-ring (bicyclic) bond motifs is 1. The quantitative estimate of drug-likeness (QED) is 0.684. The van der Waals surface area contributed by atoms with Gasteiger partial charge in [0.25, 0.3) is 0 Å². The summed E-state index contributed by atoms with van der Waals surface area (Å²) in [6, 6.07) is 0. The third-order valence-electron chi connectivity index (χ3n) is 4.03. The second-order valence-electron chi connectivity index (χ2n) is 4.68. The summed E-state index contributed by atoms with van der Waals surface area (Å²) in [7, 11) is 0. The van der Waals surface area contributed by atoms with Gasteiger partial charge in [-0.3, -0.25) is 9.59 Å². The minimum absolute atomic E-state index is 0.118. The molecule has 0 bridgehead atoms. The van der Waals surface area contributed by atoms with E-state index in [9.17, 15) is 9.59 Å². The first-order valence-corrected chi connectivity index (χ1v) is 5.58. The summed E-state index contributed by atoms with van der Waals surface area (Å²) in [6.45, 7) is 0. The Labute approximate surface area is 88.3 Å². The van der Waals surface area contributed by atoms with Crippen LogP contribution in [0.5, 0.6) is 0 Å². The van der Waals surface area contributed by atoms with E-state index in [4.69, 9.17) is 10.2 Å². The van der Waals surface area contributed by atoms with E-state index in [0.717, 1.165) is 38.5 Å². The molecular weight excluding hydrogens is 196 g/mol. The van der Waals surface area contributed by atoms with E-state index >= 15 is 0 Å². The van der Waals surface area contributed by atoms with Gasteiger partial charge in [-0.05, 0) is 24.7 Å². The number of hydrogen-bond acceptors (Lipinski definition) is 2. The molecule has 0 aromatic heterocycles. The first kappa shape index (κ1) is 10.5. The first-order valence-electron chi connectivity index (χ1n) is 5.58. The molecule has 2 fully saturated rings. The van der Waals surface area contributed by atoms with Crippen LogP contribution in [0.2, 0.25) is 0 Å². The fraction of sp³-hybridized carbons (Fsp3) is 0.818. The molecule has 0 amide bonds. The van der Waals surface area contributed by atoms with Gasteiger partial charge >= 0.3 is 11.9 Å². The Morgan fingerprint density at radius 1 is 0.867 bits per heavy atom. The lowest BCUT2D eigenvalue weighted by Gasteiger charge is -2.05. The number of carboxylic acid groups (broad SMARTS) is 2. The highest BCUT2D eigenvalue weighted by molar-refractivity contribution is 6.02. The third kappa shape index (κ3) is 1.34. The lowest BCUT2D eigenvalue weighted by atomic mass is 10.0. The van der Waals surface area contributed by atoms with Crippen molar-refractivity contribution in [3.63, 3.8) is 0 Å². The Balaban J connectivity index is 2.21. The van der Waals surface area contributed by atoms with Crippen LogP contribution in [0.15, 0.2) is 0 Å². The fourth-order valence-electron chi connectivity index (χ4n) is 3.20. The van der Waals surface area contributed by atoms with Gasteiger partial charge in [-0.1, -0.05) is 25.7 Å². The summed E-state index contributed by atoms with van der Waals surface area (Å²) in [5.74, 6) is -2.50. The zero-order chi connectivity index (χ0) is 11.1. The van der Waals surface area contributed by atoms with E-state index in [-0.39, 0.29) is 11.8 Å². The Morgan fingerprint density at radius 3 is 1.60 bits per heavy atom. The highest BCUT2D eigenvalue weighted by atomic mass is 16.4. The molecule has 0 heterocycles. The van der Waals surface area contributed by atoms with Crippen molar-refractivity contribution in [3.8, 4) is 0 Å². The van der Waals surface area contributed by atoms with E-state index in [1.54, 1.807) is 0 Å². The molecular formula is C11H16O4. The third-order valence-corrected chi connectivity index (χ3v) is 4.03. The lowest BCUT2D eigenvalue weighted by molar-refractivity contribution is -0.158. The monoisotopic (exact) mass is 212 g/mol. The van der Waals surface area contributed by atoms with E-state index in [1.165, 1.54) is 0 Å². The van der Waals surface area contributed by atoms with E-state index < -0.39 is 17.4 Å². The number of hydrogen-bond donors (Lipinski definition) is 2. The van der Waals surface area contributed by atoms with Crippen molar-refractivity contribution in [2.75, 3.05) is 0 Å². The lowest BCUT2D eigenvalue weighted by Crippen LogP contribution is -2.29. The molecule has 2 saturated carbocycles. The summed E-state index contributed by atoms with van der Waals surface area (Å²) in [6.07, 6.45) is 5.70. The zero-order valence-corrected chi connectivity index (χ0v) is 8.61. The van der Waals surface area contributed by atoms with Gasteiger partial charge in [-0.2, -0.15) is 0 Å². The molecule has 0 aromatic rings. The standard InChI is InChI=1S/C11H16O4/c12-9(13)11(10(14)15)7-5-3-1-2-4-6-8(7)11/h7-8H,1-6H2,(H,12,13)(H,14,15). The van der Waals surface area contributed by atoms with E-state index in [2.05, 4.69) is 0 Å². The van der Waals surface area contributed by atoms with Gasteiger partial charge in [0.2, 0.25) is 0 Å². The Kier molecular flexibility index (Phi) is 2.44. The summed E-state index contributed by atoms with van der Waals surface area (Å²) < 4.78 is 0. The van der Waals surface area contributed by atoms with Gasteiger partial charge in [-0.15, -0.1) is 0 Å². The van der Waals surface area contributed by atoms with Gasteiger partial charge in [0, 0.05) is 0 Å². The molecule has 2 atom stereocenters. The van der Waals surface area contributed by atoms with Crippen LogP contribution in [0, 0.1) is 17.3 Å². The van der Waals surface area contributed by atoms with Crippen molar-refractivity contribution in [2.24, 2.45) is 17.3 Å². The van der Waals surface area contributed by atoms with Crippen molar-refractivity contribution >= 4 is 11.9 Å². The maximum absolute atomic E-state index is 11.1. The highest BCUT2D eigenvalue weighted by Crippen LogP contribution is 2.64. The predicted octanol–water partition coefficient (Wildman–Crippen LogP) is 1.74. The molecule has 0 aliphatic heterocycles. The maximum Gasteiger partial charge on any atom is 0.321 e. The van der Waals surface area contributed by atoms with Crippen LogP contribution in [-0.2, 0) is 9.59 Å². The SMILES string of the molecule is O=C(O)C1(C(=O)O)C2CCCCCCC21. The smallest absolute Gasteiger partial charge is 0.321 e. The minimum atomic E-state index is -1.44. The summed E-state index contributed by atoms with van der Waals surface area (Å²) in [4.78, 5) is 22.3. The first-order chi connectivity index (χ1) is 7.11. The van der Waals surface area contributed by atoms with Crippen LogP contribution < -0.4 is 0 Å². The highest BCUT2D eigenvalue weighted by Gasteiger charge is 2.74. The molecule has 4 heteroatoms. The van der Waals surface area contributed by atoms with Crippen molar-refractivity contribution in [2.45, 2.75) is 38.5 Å². The van der Waals surface area contributed by atoms with Crippen LogP contribution in [-0.4, -0.2) is 22.2 Å². The molecule has 2 N–H and O–H groups in total. The zero-order valence-electron chi connectivity index (χ0n) is 8.61. The number of carboxylic acids is 2. The van der Waals surface area contributed by atoms with Gasteiger partial charge in [0.1, 0.15) is 0 Å². The largest absolute Gasteiger partial charge is 0.480 e. The second-order valence-corrected chi connectivity index (χ2v) is 4.68. The van der Waals surface area contributed by atoms with E-state index in [1.807, 2.05) is 0 Å². The van der Waals surface area contributed by atoms with Gasteiger partial charge in [-0.25, -0.2) is 0 Å². The number of carbonyl (C=O) groups is 2. The normalized spacial score (nSPS) is 33.3. The summed E-state index contributed by atoms with van der Waals surface area (Å²) in [5, 5.41) is 18.2. The average molecular weight is 212 g/mol. The topological polar surface area (TPSA) is 74.6 Å². The second kappa shape index (κ2) is 3.51. The van der Waals surface area contributed by atoms with Crippen molar-refractivity contribution in [1.29, 1.82) is 0 Å². The summed E-state index contributed by atoms with van der Waals surface area (Å²) >= 11 is 0. The van der Waals surface area contributed by atoms with Crippen LogP contribution in [0.25, 0.3) is 0 Å². The van der Waals surface area contributed by atoms with Gasteiger partial charge in [0.05, 0.1) is 0 Å². The van der Waals surface area contributed by atoms with Crippen LogP contribution in [0.3, 0.4) is 0 Å². The number of rotatable bonds is 2. The Bertz CT molecular complexity index is 267. The van der Waals surface area contributed by atoms with Gasteiger partial charge < -0.3 is 10.2 Å². The molecule has 0 aromatic carbocycles. The summed E-state index contributed by atoms with van der Waals surface area (Å²) in [5.41, 5.74) is -1.44. The predicted molar refractivity (Wildman–Crippen MR) is 52.4 cm³/mol. The molecule has 0 saturated heterocycles. The van der Waals surface area contributed by atoms with Crippen LogP contribution in [0.1, 0.15) is 38.5 Å². The van der Waals surface area contributed by atoms with Crippen molar-refractivity contribution in [1.82, 2.24) is 0 Å². The molecule has 4 nitrogen and oxygen atoms in total. The molecule has 0 radical (unpaired) electrons. The Morgan fingerprint density at radius 2 is 1.27 bits per heavy atom. The van der Waals surface area contributed by atoms with Crippen molar-refractivity contribution < 1.29 is 19.8 Å². The maximum atomic E-state index is 11.1. The molecule has 2 unspecified atom stereocenters. The molecule has 0 spiro atoms. The van der Waals surface area contributed by atoms with Crippen LogP contribution in [0.4, 0.5) is 0 Å². The van der Waals surface area contributed by atoms with Gasteiger partial charge in [0.15, 0.2) is 5.41 Å². The van der Waals surface area contributed by atoms with E-state index in [0.29, 0.717) is 0 Å². The molecule has 2 rings (SSSR count). The molecule has 2 aliphatic rings. The molecule has 2 aliphatic carbocycles. The average Bonchev–Trinajstić information content (AvgIpc) is 2.72. The number of aliphatic carboxylic acids is 2. The molecule has 15 heavy (non-hydrogen) atoms. The molecule has 84 valence electrons.